The van der Waals surface area contributed by atoms with Crippen molar-refractivity contribution in [1.82, 2.24) is 0 Å². The van der Waals surface area contributed by atoms with Crippen LogP contribution in [-0.4, -0.2) is 5.78 Å². The van der Waals surface area contributed by atoms with Crippen molar-refractivity contribution in [3.8, 4) is 0 Å². The number of rotatable bonds is 7. The van der Waals surface area contributed by atoms with E-state index in [9.17, 15) is 4.79 Å². The first-order valence-corrected chi connectivity index (χ1v) is 9.65. The van der Waals surface area contributed by atoms with Crippen LogP contribution in [0.2, 0.25) is 0 Å². The molecule has 3 aromatic carbocycles. The number of hydrogen-bond acceptors (Lipinski definition) is 2. The number of nitrogens with zero attached hydrogens (tertiary/aromatic N) is 1. The molecule has 2 heteroatoms. The molecule has 0 unspecified atom stereocenters. The van der Waals surface area contributed by atoms with Crippen LogP contribution in [0.15, 0.2) is 78.9 Å². The smallest absolute Gasteiger partial charge is 0.152 e. The van der Waals surface area contributed by atoms with E-state index in [1.54, 1.807) is 13.0 Å². The molecule has 3 rings (SSSR count). The summed E-state index contributed by atoms with van der Waals surface area (Å²) in [5, 5.41) is 0. The Morgan fingerprint density at radius 2 is 1.29 bits per heavy atom. The normalized spacial score (nSPS) is 11.0. The molecule has 0 aliphatic rings. The zero-order valence-electron chi connectivity index (χ0n) is 16.9. The number of hydrogen-bond donors (Lipinski definition) is 0. The third-order valence-electron chi connectivity index (χ3n) is 4.76. The average molecular weight is 370 g/mol. The summed E-state index contributed by atoms with van der Waals surface area (Å²) in [6, 6.07) is 25.6. The van der Waals surface area contributed by atoms with Gasteiger partial charge in [-0.15, -0.1) is 0 Å². The van der Waals surface area contributed by atoms with Crippen LogP contribution < -0.4 is 4.90 Å². The summed E-state index contributed by atoms with van der Waals surface area (Å²) >= 11 is 0. The molecule has 3 aromatic rings. The molecule has 0 saturated carbocycles. The Hall–Kier alpha value is -3.13. The highest BCUT2D eigenvalue weighted by Crippen LogP contribution is 2.26. The predicted octanol–water partition coefficient (Wildman–Crippen LogP) is 6.11. The molecular weight excluding hydrogens is 342 g/mol. The monoisotopic (exact) mass is 369 g/mol. The van der Waals surface area contributed by atoms with E-state index >= 15 is 0 Å². The number of allylic oxidation sites excluding steroid dienone is 1. The van der Waals surface area contributed by atoms with Crippen LogP contribution in [0.3, 0.4) is 0 Å². The lowest BCUT2D eigenvalue weighted by Crippen LogP contribution is -2.23. The molecule has 0 radical (unpaired) electrons. The minimum absolute atomic E-state index is 0.0541. The van der Waals surface area contributed by atoms with E-state index < -0.39 is 0 Å². The molecule has 0 aliphatic heterocycles. The predicted molar refractivity (Wildman–Crippen MR) is 118 cm³/mol. The van der Waals surface area contributed by atoms with Gasteiger partial charge in [0.1, 0.15) is 0 Å². The quantitative estimate of drug-likeness (QED) is 0.468. The molecule has 142 valence electrons. The van der Waals surface area contributed by atoms with E-state index in [2.05, 4.69) is 85.5 Å². The third kappa shape index (κ3) is 5.43. The van der Waals surface area contributed by atoms with E-state index in [1.165, 1.54) is 22.3 Å². The first-order chi connectivity index (χ1) is 13.5. The van der Waals surface area contributed by atoms with E-state index in [0.29, 0.717) is 0 Å². The molecule has 0 fully saturated rings. The van der Waals surface area contributed by atoms with Gasteiger partial charge in [-0.25, -0.2) is 0 Å². The molecule has 0 aliphatic carbocycles. The lowest BCUT2D eigenvalue weighted by atomic mass is 10.1. The maximum Gasteiger partial charge on any atom is 0.152 e. The Bertz CT molecular complexity index is 905. The Balaban J connectivity index is 1.96. The largest absolute Gasteiger partial charge is 0.362 e. The number of para-hydroxylation sites is 1. The van der Waals surface area contributed by atoms with Crippen molar-refractivity contribution in [1.29, 1.82) is 0 Å². The van der Waals surface area contributed by atoms with E-state index in [1.807, 2.05) is 12.1 Å². The average Bonchev–Trinajstić information content (AvgIpc) is 2.69. The van der Waals surface area contributed by atoms with Gasteiger partial charge in [0, 0.05) is 18.8 Å². The first-order valence-electron chi connectivity index (χ1n) is 9.65. The minimum Gasteiger partial charge on any atom is -0.362 e. The molecule has 0 heterocycles. The SMILES string of the molecule is CC(=O)/C=C/c1ccccc1N(Cc1ccc(C)cc1)Cc1ccc(C)cc1. The highest BCUT2D eigenvalue weighted by Gasteiger charge is 2.12. The maximum atomic E-state index is 11.4. The Morgan fingerprint density at radius 3 is 1.79 bits per heavy atom. The number of carbonyl (C=O) groups excluding carboxylic acids is 1. The summed E-state index contributed by atoms with van der Waals surface area (Å²) in [5.41, 5.74) is 7.24. The summed E-state index contributed by atoms with van der Waals surface area (Å²) in [6.45, 7) is 7.40. The molecule has 0 saturated heterocycles. The van der Waals surface area contributed by atoms with Crippen LogP contribution >= 0.6 is 0 Å². The number of anilines is 1. The zero-order valence-corrected chi connectivity index (χ0v) is 16.9. The van der Waals surface area contributed by atoms with Gasteiger partial charge in [-0.05, 0) is 55.7 Å². The summed E-state index contributed by atoms with van der Waals surface area (Å²) in [4.78, 5) is 13.8. The van der Waals surface area contributed by atoms with Crippen molar-refractivity contribution in [3.63, 3.8) is 0 Å². The molecule has 0 N–H and O–H groups in total. The fourth-order valence-electron chi connectivity index (χ4n) is 3.18. The summed E-state index contributed by atoms with van der Waals surface area (Å²) < 4.78 is 0. The van der Waals surface area contributed by atoms with Gasteiger partial charge >= 0.3 is 0 Å². The van der Waals surface area contributed by atoms with Crippen LogP contribution in [0.5, 0.6) is 0 Å². The Kier molecular flexibility index (Phi) is 6.44. The summed E-state index contributed by atoms with van der Waals surface area (Å²) in [6.07, 6.45) is 3.55. The second-order valence-corrected chi connectivity index (χ2v) is 7.33. The summed E-state index contributed by atoms with van der Waals surface area (Å²) in [7, 11) is 0. The lowest BCUT2D eigenvalue weighted by molar-refractivity contribution is -0.112. The molecule has 0 spiro atoms. The van der Waals surface area contributed by atoms with Crippen LogP contribution in [-0.2, 0) is 17.9 Å². The van der Waals surface area contributed by atoms with Gasteiger partial charge in [0.15, 0.2) is 5.78 Å². The molecular formula is C26H27NO. The fraction of sp³-hybridized carbons (Fsp3) is 0.192. The number of ketones is 1. The fourth-order valence-corrected chi connectivity index (χ4v) is 3.18. The molecule has 0 aromatic heterocycles. The van der Waals surface area contributed by atoms with Crippen LogP contribution in [0.4, 0.5) is 5.69 Å². The number of carbonyl (C=O) groups is 1. The standard InChI is InChI=1S/C26H27NO/c1-20-8-13-23(14-9-20)18-27(19-24-15-10-21(2)11-16-24)26-7-5-4-6-25(26)17-12-22(3)28/h4-17H,18-19H2,1-3H3/b17-12+. The lowest BCUT2D eigenvalue weighted by Gasteiger charge is -2.27. The van der Waals surface area contributed by atoms with Crippen LogP contribution in [0, 0.1) is 13.8 Å². The van der Waals surface area contributed by atoms with Crippen LogP contribution in [0.25, 0.3) is 6.08 Å². The maximum absolute atomic E-state index is 11.4. The zero-order chi connectivity index (χ0) is 19.9. The molecule has 0 bridgehead atoms. The van der Waals surface area contributed by atoms with Crippen molar-refractivity contribution in [2.24, 2.45) is 0 Å². The van der Waals surface area contributed by atoms with Gasteiger partial charge in [0.25, 0.3) is 0 Å². The van der Waals surface area contributed by atoms with Gasteiger partial charge < -0.3 is 4.90 Å². The molecule has 2 nitrogen and oxygen atoms in total. The summed E-state index contributed by atoms with van der Waals surface area (Å²) in [5.74, 6) is 0.0541. The second kappa shape index (κ2) is 9.18. The molecule has 0 atom stereocenters. The minimum atomic E-state index is 0.0541. The molecule has 0 amide bonds. The first kappa shape index (κ1) is 19.6. The van der Waals surface area contributed by atoms with Crippen molar-refractivity contribution in [2.75, 3.05) is 4.90 Å². The number of aryl methyl sites for hydroxylation is 2. The van der Waals surface area contributed by atoms with Crippen molar-refractivity contribution >= 4 is 17.5 Å². The van der Waals surface area contributed by atoms with Crippen molar-refractivity contribution in [2.45, 2.75) is 33.9 Å². The molecule has 28 heavy (non-hydrogen) atoms. The van der Waals surface area contributed by atoms with Gasteiger partial charge in [-0.3, -0.25) is 4.79 Å². The highest BCUT2D eigenvalue weighted by atomic mass is 16.1. The Morgan fingerprint density at radius 1 is 0.786 bits per heavy atom. The van der Waals surface area contributed by atoms with Gasteiger partial charge in [0.05, 0.1) is 0 Å². The van der Waals surface area contributed by atoms with Crippen molar-refractivity contribution in [3.05, 3.63) is 107 Å². The number of benzene rings is 3. The van der Waals surface area contributed by atoms with E-state index in [-0.39, 0.29) is 5.78 Å². The van der Waals surface area contributed by atoms with Crippen molar-refractivity contribution < 1.29 is 4.79 Å². The van der Waals surface area contributed by atoms with Gasteiger partial charge in [-0.2, -0.15) is 0 Å². The highest BCUT2D eigenvalue weighted by molar-refractivity contribution is 5.92. The topological polar surface area (TPSA) is 20.3 Å². The van der Waals surface area contributed by atoms with E-state index in [4.69, 9.17) is 0 Å². The Labute approximate surface area is 168 Å². The van der Waals surface area contributed by atoms with Gasteiger partial charge in [0.2, 0.25) is 0 Å². The third-order valence-corrected chi connectivity index (χ3v) is 4.76. The second-order valence-electron chi connectivity index (χ2n) is 7.33. The van der Waals surface area contributed by atoms with Gasteiger partial charge in [-0.1, -0.05) is 77.9 Å². The van der Waals surface area contributed by atoms with E-state index in [0.717, 1.165) is 24.3 Å². The van der Waals surface area contributed by atoms with Crippen LogP contribution in [0.1, 0.15) is 34.7 Å².